The number of alkyl carbamates (subject to hydrolysis) is 1. The van der Waals surface area contributed by atoms with Crippen molar-refractivity contribution in [2.75, 3.05) is 19.0 Å². The molecule has 0 saturated carbocycles. The van der Waals surface area contributed by atoms with Gasteiger partial charge in [0.25, 0.3) is 11.8 Å². The molecule has 1 atom stereocenters. The highest BCUT2D eigenvalue weighted by molar-refractivity contribution is 7.13. The molecule has 11 nitrogen and oxygen atoms in total. The molecule has 0 bridgehead atoms. The van der Waals surface area contributed by atoms with E-state index in [4.69, 9.17) is 14.2 Å². The monoisotopic (exact) mass is 712 g/mol. The Morgan fingerprint density at radius 3 is 2.35 bits per heavy atom. The van der Waals surface area contributed by atoms with Gasteiger partial charge in [0, 0.05) is 52.3 Å². The number of amides is 3. The maximum absolute atomic E-state index is 14.5. The van der Waals surface area contributed by atoms with Gasteiger partial charge in [-0.25, -0.2) is 14.6 Å². The van der Waals surface area contributed by atoms with Crippen LogP contribution in [-0.2, 0) is 22.4 Å². The fourth-order valence-corrected chi connectivity index (χ4v) is 6.93. The van der Waals surface area contributed by atoms with Crippen molar-refractivity contribution in [3.05, 3.63) is 87.0 Å². The summed E-state index contributed by atoms with van der Waals surface area (Å²) in [4.78, 5) is 58.2. The van der Waals surface area contributed by atoms with Crippen molar-refractivity contribution < 1.29 is 33.4 Å². The molecule has 3 heterocycles. The lowest BCUT2D eigenvalue weighted by atomic mass is 9.93. The number of nitrogens with zero attached hydrogens (tertiary/aromatic N) is 1. The smallest absolute Gasteiger partial charge is 0.407 e. The van der Waals surface area contributed by atoms with E-state index in [2.05, 4.69) is 27.0 Å². The van der Waals surface area contributed by atoms with E-state index in [1.165, 1.54) is 13.2 Å². The predicted molar refractivity (Wildman–Crippen MR) is 198 cm³/mol. The van der Waals surface area contributed by atoms with Gasteiger partial charge in [-0.3, -0.25) is 9.59 Å². The summed E-state index contributed by atoms with van der Waals surface area (Å²) in [6.07, 6.45) is 0.752. The third-order valence-electron chi connectivity index (χ3n) is 8.19. The molecule has 0 spiro atoms. The minimum Gasteiger partial charge on any atom is -0.490 e. The molecule has 2 aromatic carbocycles. The molecule has 1 aliphatic heterocycles. The number of benzene rings is 2. The predicted octanol–water partition coefficient (Wildman–Crippen LogP) is 7.62. The molecule has 0 saturated heterocycles. The van der Waals surface area contributed by atoms with E-state index in [0.717, 1.165) is 39.1 Å². The number of ether oxygens (including phenoxy) is 3. The van der Waals surface area contributed by atoms with Gasteiger partial charge in [0.2, 0.25) is 0 Å². The van der Waals surface area contributed by atoms with Crippen LogP contribution in [0.15, 0.2) is 47.8 Å². The first kappa shape index (κ1) is 37.0. The standard InChI is InChI=1S/C39H44N4O7S/c1-9-13-40-36(45)30-11-10-26(33(42-30)37(46)48-8)27-19-31-29(34-25(12-14-51-34)17-23(4)49-31)18-28(27)35(44)43-32-21(2)15-24(16-22(32)3)20-41-38(47)50-39(5,6)7/h10-12,14-16,18-19,23H,9,13,17,20H2,1-8H3,(H,40,45)(H,41,47)(H,43,44)/t23-/m0/s1. The normalized spacial score (nSPS) is 13.5. The topological polar surface area (TPSA) is 145 Å². The molecule has 0 unspecified atom stereocenters. The summed E-state index contributed by atoms with van der Waals surface area (Å²) < 4.78 is 16.9. The first-order valence-corrected chi connectivity index (χ1v) is 17.7. The van der Waals surface area contributed by atoms with Crippen molar-refractivity contribution >= 4 is 40.9 Å². The number of rotatable bonds is 9. The van der Waals surface area contributed by atoms with Crippen molar-refractivity contribution in [2.45, 2.75) is 79.6 Å². The minimum absolute atomic E-state index is 0.0500. The van der Waals surface area contributed by atoms with Crippen LogP contribution in [0.5, 0.6) is 5.75 Å². The number of hydrogen-bond donors (Lipinski definition) is 3. The van der Waals surface area contributed by atoms with E-state index >= 15 is 0 Å². The van der Waals surface area contributed by atoms with E-state index in [1.54, 1.807) is 50.3 Å². The number of aromatic nitrogens is 1. The molecule has 1 aliphatic rings. The Morgan fingerprint density at radius 2 is 1.69 bits per heavy atom. The van der Waals surface area contributed by atoms with Crippen LogP contribution < -0.4 is 20.7 Å². The van der Waals surface area contributed by atoms with Gasteiger partial charge in [-0.1, -0.05) is 19.1 Å². The average molecular weight is 713 g/mol. The fraction of sp³-hybridized carbons (Fsp3) is 0.359. The van der Waals surface area contributed by atoms with Gasteiger partial charge >= 0.3 is 12.1 Å². The van der Waals surface area contributed by atoms with Crippen LogP contribution in [0.2, 0.25) is 0 Å². The number of carbonyl (C=O) groups excluding carboxylic acids is 4. The van der Waals surface area contributed by atoms with Crippen molar-refractivity contribution in [2.24, 2.45) is 0 Å². The number of carbonyl (C=O) groups is 4. The second kappa shape index (κ2) is 15.3. The molecule has 12 heteroatoms. The Balaban J connectivity index is 1.59. The molecule has 3 N–H and O–H groups in total. The highest BCUT2D eigenvalue weighted by atomic mass is 32.1. The van der Waals surface area contributed by atoms with Crippen molar-refractivity contribution in [1.29, 1.82) is 0 Å². The molecule has 268 valence electrons. The Morgan fingerprint density at radius 1 is 0.961 bits per heavy atom. The summed E-state index contributed by atoms with van der Waals surface area (Å²) >= 11 is 1.57. The molecule has 2 aromatic heterocycles. The average Bonchev–Trinajstić information content (AvgIpc) is 3.48. The lowest BCUT2D eigenvalue weighted by molar-refractivity contribution is 0.0522. The Kier molecular flexibility index (Phi) is 11.1. The largest absolute Gasteiger partial charge is 0.490 e. The summed E-state index contributed by atoms with van der Waals surface area (Å²) in [6, 6.07) is 12.5. The number of pyridine rings is 1. The van der Waals surface area contributed by atoms with E-state index in [0.29, 0.717) is 35.5 Å². The zero-order valence-corrected chi connectivity index (χ0v) is 31.1. The van der Waals surface area contributed by atoms with E-state index < -0.39 is 29.5 Å². The van der Waals surface area contributed by atoms with Crippen LogP contribution in [-0.4, -0.2) is 54.2 Å². The summed E-state index contributed by atoms with van der Waals surface area (Å²) in [7, 11) is 1.24. The quantitative estimate of drug-likeness (QED) is 0.150. The van der Waals surface area contributed by atoms with Gasteiger partial charge in [-0.2, -0.15) is 0 Å². The third kappa shape index (κ3) is 8.57. The van der Waals surface area contributed by atoms with Crippen molar-refractivity contribution in [3.63, 3.8) is 0 Å². The first-order valence-electron chi connectivity index (χ1n) is 16.9. The van der Waals surface area contributed by atoms with Crippen molar-refractivity contribution in [1.82, 2.24) is 15.6 Å². The second-order valence-electron chi connectivity index (χ2n) is 13.6. The molecular weight excluding hydrogens is 669 g/mol. The van der Waals surface area contributed by atoms with Crippen LogP contribution in [0, 0.1) is 13.8 Å². The second-order valence-corrected chi connectivity index (χ2v) is 14.5. The van der Waals surface area contributed by atoms with Crippen molar-refractivity contribution in [3.8, 4) is 27.3 Å². The summed E-state index contributed by atoms with van der Waals surface area (Å²) in [5.74, 6) is -1.04. The lowest BCUT2D eigenvalue weighted by Gasteiger charge is -2.20. The van der Waals surface area contributed by atoms with Gasteiger partial charge in [-0.15, -0.1) is 11.3 Å². The molecule has 4 aromatic rings. The molecule has 3 amide bonds. The van der Waals surface area contributed by atoms with Gasteiger partial charge in [-0.05, 0) is 106 Å². The van der Waals surface area contributed by atoms with E-state index in [1.807, 2.05) is 45.2 Å². The zero-order valence-electron chi connectivity index (χ0n) is 30.2. The van der Waals surface area contributed by atoms with Crippen LogP contribution in [0.4, 0.5) is 10.5 Å². The number of hydrogen-bond acceptors (Lipinski definition) is 9. The van der Waals surface area contributed by atoms with E-state index in [-0.39, 0.29) is 29.6 Å². The first-order chi connectivity index (χ1) is 24.2. The zero-order chi connectivity index (χ0) is 37.0. The lowest BCUT2D eigenvalue weighted by Crippen LogP contribution is -2.32. The SMILES string of the molecule is CCCNC(=O)c1ccc(-c2cc3c(cc2C(=O)Nc2c(C)cc(CNC(=O)OC(C)(C)C)cc2C)-c2sccc2C[C@H](C)O3)c(C(=O)OC)n1. The number of fused-ring (bicyclic) bond motifs is 3. The highest BCUT2D eigenvalue weighted by Gasteiger charge is 2.28. The maximum Gasteiger partial charge on any atom is 0.407 e. The van der Waals surface area contributed by atoms with Crippen LogP contribution in [0.1, 0.15) is 94.6 Å². The summed E-state index contributed by atoms with van der Waals surface area (Å²) in [6.45, 7) is 13.8. The Hall–Kier alpha value is -5.23. The number of nitrogens with one attached hydrogen (secondary N) is 3. The minimum atomic E-state index is -0.756. The highest BCUT2D eigenvalue weighted by Crippen LogP contribution is 2.44. The van der Waals surface area contributed by atoms with Gasteiger partial charge < -0.3 is 30.2 Å². The van der Waals surface area contributed by atoms with Gasteiger partial charge in [0.05, 0.1) is 7.11 Å². The Bertz CT molecular complexity index is 1970. The van der Waals surface area contributed by atoms with Gasteiger partial charge in [0.1, 0.15) is 23.1 Å². The molecular formula is C39H44N4O7S. The molecule has 0 aliphatic carbocycles. The maximum atomic E-state index is 14.5. The molecule has 5 rings (SSSR count). The fourth-order valence-electron chi connectivity index (χ4n) is 5.97. The summed E-state index contributed by atoms with van der Waals surface area (Å²) in [5, 5.41) is 10.7. The number of esters is 1. The van der Waals surface area contributed by atoms with Gasteiger partial charge in [0.15, 0.2) is 5.69 Å². The third-order valence-corrected chi connectivity index (χ3v) is 9.18. The number of anilines is 1. The Labute approximate surface area is 302 Å². The molecule has 0 fully saturated rings. The number of aryl methyl sites for hydroxylation is 2. The number of thiophene rings is 1. The van der Waals surface area contributed by atoms with Crippen LogP contribution in [0.3, 0.4) is 0 Å². The van der Waals surface area contributed by atoms with Crippen LogP contribution >= 0.6 is 11.3 Å². The number of methoxy groups -OCH3 is 1. The van der Waals surface area contributed by atoms with E-state index in [9.17, 15) is 19.2 Å². The molecule has 0 radical (unpaired) electrons. The van der Waals surface area contributed by atoms with Crippen LogP contribution in [0.25, 0.3) is 21.6 Å². The molecule has 51 heavy (non-hydrogen) atoms. The summed E-state index contributed by atoms with van der Waals surface area (Å²) in [5.41, 5.74) is 5.21.